The second-order valence-electron chi connectivity index (χ2n) is 9.20. The maximum absolute atomic E-state index is 13.3. The number of ether oxygens (including phenoxy) is 3. The normalized spacial score (nSPS) is 14.7. The Morgan fingerprint density at radius 3 is 2.41 bits per heavy atom. The molecule has 1 amide bonds. The number of methoxy groups -OCH3 is 1. The van der Waals surface area contributed by atoms with Crippen LogP contribution >= 0.6 is 11.6 Å². The van der Waals surface area contributed by atoms with E-state index in [2.05, 4.69) is 17.2 Å². The number of nitrogens with zero attached hydrogens (tertiary/aromatic N) is 2. The Bertz CT molecular complexity index is 1550. The third kappa shape index (κ3) is 6.04. The Morgan fingerprint density at radius 2 is 1.67 bits per heavy atom. The van der Waals surface area contributed by atoms with Gasteiger partial charge in [0.05, 0.1) is 18.9 Å². The smallest absolute Gasteiger partial charge is 0.344 e. The van der Waals surface area contributed by atoms with Crippen LogP contribution in [0.3, 0.4) is 0 Å². The monoisotopic (exact) mass is 542 g/mol. The molecular formula is C31H27ClN2O5. The maximum atomic E-state index is 13.3. The van der Waals surface area contributed by atoms with Crippen molar-refractivity contribution in [2.24, 2.45) is 5.10 Å². The minimum atomic E-state index is -0.658. The van der Waals surface area contributed by atoms with Crippen LogP contribution in [0.15, 0.2) is 90.0 Å². The Labute approximate surface area is 231 Å². The molecule has 0 spiro atoms. The zero-order valence-electron chi connectivity index (χ0n) is 21.6. The number of hydrogen-bond acceptors (Lipinski definition) is 6. The van der Waals surface area contributed by atoms with E-state index >= 15 is 0 Å². The van der Waals surface area contributed by atoms with Crippen LogP contribution in [0, 0.1) is 6.92 Å². The molecular weight excluding hydrogens is 516 g/mol. The van der Waals surface area contributed by atoms with E-state index in [4.69, 9.17) is 25.8 Å². The lowest BCUT2D eigenvalue weighted by Crippen LogP contribution is -2.32. The van der Waals surface area contributed by atoms with Gasteiger partial charge in [0.2, 0.25) is 0 Å². The van der Waals surface area contributed by atoms with E-state index in [-0.39, 0.29) is 12.6 Å². The van der Waals surface area contributed by atoms with Crippen LogP contribution in [-0.4, -0.2) is 42.9 Å². The number of carbonyl (C=O) groups is 2. The van der Waals surface area contributed by atoms with Gasteiger partial charge in [-0.2, -0.15) is 5.10 Å². The molecule has 1 aliphatic rings. The summed E-state index contributed by atoms with van der Waals surface area (Å²) in [5.74, 6) is 0.121. The van der Waals surface area contributed by atoms with E-state index in [0.717, 1.165) is 38.9 Å². The number of aryl methyl sites for hydroxylation is 1. The molecule has 0 radical (unpaired) electrons. The molecule has 0 aliphatic carbocycles. The van der Waals surface area contributed by atoms with Crippen molar-refractivity contribution in [3.05, 3.63) is 107 Å². The summed E-state index contributed by atoms with van der Waals surface area (Å²) in [6, 6.07) is 26.5. The van der Waals surface area contributed by atoms with E-state index < -0.39 is 18.5 Å². The predicted octanol–water partition coefficient (Wildman–Crippen LogP) is 6.11. The van der Waals surface area contributed by atoms with Gasteiger partial charge >= 0.3 is 5.97 Å². The number of carbonyl (C=O) groups excluding carboxylic acids is 2. The molecule has 198 valence electrons. The number of rotatable bonds is 8. The fourth-order valence-corrected chi connectivity index (χ4v) is 4.59. The van der Waals surface area contributed by atoms with Crippen molar-refractivity contribution in [2.45, 2.75) is 19.4 Å². The van der Waals surface area contributed by atoms with Gasteiger partial charge in [-0.15, -0.1) is 0 Å². The van der Waals surface area contributed by atoms with Gasteiger partial charge in [-0.1, -0.05) is 60.1 Å². The number of fused-ring (bicyclic) bond motifs is 1. The average Bonchev–Trinajstić information content (AvgIpc) is 3.42. The molecule has 1 heterocycles. The summed E-state index contributed by atoms with van der Waals surface area (Å²) >= 11 is 6.03. The zero-order valence-corrected chi connectivity index (χ0v) is 22.4. The lowest BCUT2D eigenvalue weighted by atomic mass is 9.97. The summed E-state index contributed by atoms with van der Waals surface area (Å²) in [7, 11) is 1.60. The van der Waals surface area contributed by atoms with Gasteiger partial charge in [-0.25, -0.2) is 9.80 Å². The third-order valence-electron chi connectivity index (χ3n) is 6.59. The van der Waals surface area contributed by atoms with Crippen molar-refractivity contribution >= 4 is 40.0 Å². The van der Waals surface area contributed by atoms with Crippen LogP contribution in [0.4, 0.5) is 0 Å². The standard InChI is InChI=1S/C31H27ClN2O5/c1-20-15-26(13-14-27(20)32)38-19-31(36)39-18-30(35)34-29(22-9-11-25(37-2)12-10-22)17-28(33-34)24-8-7-21-5-3-4-6-23(21)16-24/h3-16,29H,17-19H2,1-2H3. The summed E-state index contributed by atoms with van der Waals surface area (Å²) in [6.07, 6.45) is 0.517. The van der Waals surface area contributed by atoms with Gasteiger partial charge in [0, 0.05) is 11.4 Å². The van der Waals surface area contributed by atoms with Crippen molar-refractivity contribution in [1.29, 1.82) is 0 Å². The number of hydrogen-bond donors (Lipinski definition) is 0. The van der Waals surface area contributed by atoms with Crippen LogP contribution in [0.1, 0.15) is 29.2 Å². The van der Waals surface area contributed by atoms with E-state index in [1.165, 1.54) is 5.01 Å². The SMILES string of the molecule is COc1ccc(C2CC(c3ccc4ccccc4c3)=NN2C(=O)COC(=O)COc2ccc(Cl)c(C)c2)cc1. The highest BCUT2D eigenvalue weighted by atomic mass is 35.5. The lowest BCUT2D eigenvalue weighted by molar-refractivity contribution is -0.154. The second-order valence-corrected chi connectivity index (χ2v) is 9.61. The van der Waals surface area contributed by atoms with Crippen LogP contribution in [0.25, 0.3) is 10.8 Å². The maximum Gasteiger partial charge on any atom is 0.344 e. The molecule has 1 atom stereocenters. The van der Waals surface area contributed by atoms with Crippen LogP contribution in [0.2, 0.25) is 5.02 Å². The van der Waals surface area contributed by atoms with Crippen LogP contribution < -0.4 is 9.47 Å². The van der Waals surface area contributed by atoms with E-state index in [9.17, 15) is 9.59 Å². The van der Waals surface area contributed by atoms with Gasteiger partial charge in [-0.3, -0.25) is 4.79 Å². The molecule has 0 aromatic heterocycles. The first-order chi connectivity index (χ1) is 18.9. The van der Waals surface area contributed by atoms with Crippen molar-refractivity contribution in [2.75, 3.05) is 20.3 Å². The predicted molar refractivity (Wildman–Crippen MR) is 150 cm³/mol. The fraction of sp³-hybridized carbons (Fsp3) is 0.194. The second kappa shape index (κ2) is 11.6. The van der Waals surface area contributed by atoms with E-state index in [1.807, 2.05) is 61.5 Å². The Morgan fingerprint density at radius 1 is 0.923 bits per heavy atom. The molecule has 5 rings (SSSR count). The highest BCUT2D eigenvalue weighted by Gasteiger charge is 2.33. The average molecular weight is 543 g/mol. The summed E-state index contributed by atoms with van der Waals surface area (Å²) < 4.78 is 16.0. The number of amides is 1. The van der Waals surface area contributed by atoms with Gasteiger partial charge in [0.25, 0.3) is 5.91 Å². The third-order valence-corrected chi connectivity index (χ3v) is 7.02. The molecule has 0 saturated carbocycles. The fourth-order valence-electron chi connectivity index (χ4n) is 4.47. The molecule has 8 heteroatoms. The number of esters is 1. The summed E-state index contributed by atoms with van der Waals surface area (Å²) in [4.78, 5) is 25.6. The summed E-state index contributed by atoms with van der Waals surface area (Å²) in [5.41, 5.74) is 3.45. The largest absolute Gasteiger partial charge is 0.497 e. The molecule has 4 aromatic carbocycles. The number of halogens is 1. The van der Waals surface area contributed by atoms with Gasteiger partial charge < -0.3 is 14.2 Å². The van der Waals surface area contributed by atoms with Crippen LogP contribution in [-0.2, 0) is 14.3 Å². The quantitative estimate of drug-likeness (QED) is 0.251. The molecule has 39 heavy (non-hydrogen) atoms. The van der Waals surface area contributed by atoms with Crippen molar-refractivity contribution in [3.63, 3.8) is 0 Å². The molecule has 0 bridgehead atoms. The molecule has 1 aliphatic heterocycles. The Kier molecular flexibility index (Phi) is 7.79. The first-order valence-electron chi connectivity index (χ1n) is 12.5. The molecule has 7 nitrogen and oxygen atoms in total. The summed E-state index contributed by atoms with van der Waals surface area (Å²) in [5, 5.41) is 8.92. The first kappa shape index (κ1) is 26.3. The van der Waals surface area contributed by atoms with Crippen molar-refractivity contribution < 1.29 is 23.8 Å². The molecule has 0 N–H and O–H groups in total. The highest BCUT2D eigenvalue weighted by molar-refractivity contribution is 6.31. The molecule has 1 unspecified atom stereocenters. The van der Waals surface area contributed by atoms with Gasteiger partial charge in [0.15, 0.2) is 13.2 Å². The molecule has 4 aromatic rings. The van der Waals surface area contributed by atoms with E-state index in [0.29, 0.717) is 17.2 Å². The molecule has 0 saturated heterocycles. The first-order valence-corrected chi connectivity index (χ1v) is 12.9. The van der Waals surface area contributed by atoms with Crippen molar-refractivity contribution in [3.8, 4) is 11.5 Å². The Balaban J connectivity index is 1.31. The molecule has 0 fully saturated rings. The zero-order chi connectivity index (χ0) is 27.4. The van der Waals surface area contributed by atoms with E-state index in [1.54, 1.807) is 25.3 Å². The minimum Gasteiger partial charge on any atom is -0.497 e. The number of hydrazone groups is 1. The van der Waals surface area contributed by atoms with Gasteiger partial charge in [0.1, 0.15) is 11.5 Å². The van der Waals surface area contributed by atoms with Crippen LogP contribution in [0.5, 0.6) is 11.5 Å². The Hall–Kier alpha value is -4.36. The summed E-state index contributed by atoms with van der Waals surface area (Å²) in [6.45, 7) is 1.05. The number of benzene rings is 4. The highest BCUT2D eigenvalue weighted by Crippen LogP contribution is 2.34. The topological polar surface area (TPSA) is 77.4 Å². The lowest BCUT2D eigenvalue weighted by Gasteiger charge is -2.22. The van der Waals surface area contributed by atoms with Crippen molar-refractivity contribution in [1.82, 2.24) is 5.01 Å². The minimum absolute atomic E-state index is 0.331. The van der Waals surface area contributed by atoms with Gasteiger partial charge in [-0.05, 0) is 70.8 Å².